The maximum absolute atomic E-state index is 12.0. The topological polar surface area (TPSA) is 101 Å². The molecular weight excluding hydrogens is 306 g/mol. The fourth-order valence-electron chi connectivity index (χ4n) is 2.10. The molecular formula is C15H20NO5S-. The van der Waals surface area contributed by atoms with E-state index in [1.54, 1.807) is 0 Å². The molecule has 0 spiro atoms. The summed E-state index contributed by atoms with van der Waals surface area (Å²) in [4.78, 5) is 23.9. The number of rotatable bonds is 8. The van der Waals surface area contributed by atoms with E-state index in [4.69, 9.17) is 10.2 Å². The van der Waals surface area contributed by atoms with E-state index in [-0.39, 0.29) is 5.75 Å². The highest BCUT2D eigenvalue weighted by Crippen LogP contribution is 2.25. The number of amides is 1. The van der Waals surface area contributed by atoms with E-state index in [2.05, 4.69) is 0 Å². The fraction of sp³-hybridized carbons (Fsp3) is 0.467. The van der Waals surface area contributed by atoms with Gasteiger partial charge in [-0.25, -0.2) is 0 Å². The largest absolute Gasteiger partial charge is 0.547 e. The van der Waals surface area contributed by atoms with Gasteiger partial charge in [0, 0.05) is 23.7 Å². The lowest BCUT2D eigenvalue weighted by molar-refractivity contribution is -0.313. The first-order valence-corrected chi connectivity index (χ1v) is 7.98. The van der Waals surface area contributed by atoms with Crippen molar-refractivity contribution in [2.45, 2.75) is 20.0 Å². The molecule has 6 nitrogen and oxygen atoms in total. The van der Waals surface area contributed by atoms with E-state index in [0.717, 1.165) is 16.8 Å². The van der Waals surface area contributed by atoms with Crippen LogP contribution in [0.2, 0.25) is 0 Å². The molecule has 0 aromatic heterocycles. The number of hydrogen-bond acceptors (Lipinski definition) is 6. The van der Waals surface area contributed by atoms with Gasteiger partial charge in [-0.3, -0.25) is 4.79 Å². The standard InChI is InChI=1S/C15H21NO5S/c1-10-4-3-5-11(2)14(10)16(13(19)8-17)6-7-22-9-12(18)15(20)21/h3-5,12,17-18H,6-9H2,1-2H3,(H,20,21)/p-1. The lowest BCUT2D eigenvalue weighted by Crippen LogP contribution is -2.38. The van der Waals surface area contributed by atoms with Gasteiger partial charge in [-0.05, 0) is 25.0 Å². The predicted octanol–water partition coefficient (Wildman–Crippen LogP) is -0.527. The van der Waals surface area contributed by atoms with Crippen LogP contribution in [0.1, 0.15) is 11.1 Å². The summed E-state index contributed by atoms with van der Waals surface area (Å²) in [7, 11) is 0. The summed E-state index contributed by atoms with van der Waals surface area (Å²) in [5, 5.41) is 28.7. The minimum absolute atomic E-state index is 0.00373. The molecule has 1 atom stereocenters. The van der Waals surface area contributed by atoms with Crippen molar-refractivity contribution in [2.75, 3.05) is 29.6 Å². The Hall–Kier alpha value is -1.57. The number of carboxylic acids is 1. The monoisotopic (exact) mass is 326 g/mol. The Morgan fingerprint density at radius 1 is 1.32 bits per heavy atom. The Bertz CT molecular complexity index is 514. The number of nitrogens with zero attached hydrogens (tertiary/aromatic N) is 1. The normalized spacial score (nSPS) is 12.0. The van der Waals surface area contributed by atoms with Crippen LogP contribution in [0.4, 0.5) is 5.69 Å². The van der Waals surface area contributed by atoms with Crippen LogP contribution >= 0.6 is 11.8 Å². The van der Waals surface area contributed by atoms with Crippen LogP contribution in [-0.2, 0) is 9.59 Å². The van der Waals surface area contributed by atoms with Crippen LogP contribution in [0.25, 0.3) is 0 Å². The SMILES string of the molecule is Cc1cccc(C)c1N(CCSCC(O)C(=O)[O-])C(=O)CO. The molecule has 0 aliphatic heterocycles. The molecule has 22 heavy (non-hydrogen) atoms. The first-order valence-electron chi connectivity index (χ1n) is 6.82. The third-order valence-electron chi connectivity index (χ3n) is 3.15. The summed E-state index contributed by atoms with van der Waals surface area (Å²) in [6, 6.07) is 5.65. The number of anilines is 1. The Balaban J connectivity index is 2.75. The molecule has 0 fully saturated rings. The third kappa shape index (κ3) is 5.01. The van der Waals surface area contributed by atoms with Crippen molar-refractivity contribution in [3.05, 3.63) is 29.3 Å². The number of aliphatic hydroxyl groups excluding tert-OH is 2. The number of hydrogen-bond donors (Lipinski definition) is 2. The van der Waals surface area contributed by atoms with Gasteiger partial charge in [-0.2, -0.15) is 11.8 Å². The summed E-state index contributed by atoms with van der Waals surface area (Å²) in [6.45, 7) is 3.48. The van der Waals surface area contributed by atoms with Gasteiger partial charge in [0.05, 0.1) is 5.97 Å². The maximum Gasteiger partial charge on any atom is 0.252 e. The lowest BCUT2D eigenvalue weighted by Gasteiger charge is -2.25. The van der Waals surface area contributed by atoms with E-state index < -0.39 is 24.6 Å². The van der Waals surface area contributed by atoms with E-state index in [9.17, 15) is 14.7 Å². The molecule has 122 valence electrons. The van der Waals surface area contributed by atoms with E-state index in [0.29, 0.717) is 12.3 Å². The minimum Gasteiger partial charge on any atom is -0.547 e. The Kier molecular flexibility index (Phi) is 7.37. The van der Waals surface area contributed by atoms with E-state index in [1.807, 2.05) is 32.0 Å². The summed E-state index contributed by atoms with van der Waals surface area (Å²) in [5.41, 5.74) is 2.59. The summed E-state index contributed by atoms with van der Waals surface area (Å²) < 4.78 is 0. The molecule has 0 saturated carbocycles. The van der Waals surface area contributed by atoms with Crippen LogP contribution in [0.3, 0.4) is 0 Å². The summed E-state index contributed by atoms with van der Waals surface area (Å²) >= 11 is 1.21. The fourth-order valence-corrected chi connectivity index (χ4v) is 2.93. The quantitative estimate of drug-likeness (QED) is 0.623. The second-order valence-electron chi connectivity index (χ2n) is 4.85. The molecule has 0 saturated heterocycles. The molecule has 1 unspecified atom stereocenters. The Morgan fingerprint density at radius 3 is 2.41 bits per heavy atom. The number of aliphatic hydroxyl groups is 2. The highest BCUT2D eigenvalue weighted by atomic mass is 32.2. The van der Waals surface area contributed by atoms with Crippen molar-refractivity contribution in [3.8, 4) is 0 Å². The van der Waals surface area contributed by atoms with Gasteiger partial charge in [0.25, 0.3) is 5.91 Å². The van der Waals surface area contributed by atoms with Gasteiger partial charge >= 0.3 is 0 Å². The van der Waals surface area contributed by atoms with Crippen molar-refractivity contribution in [1.82, 2.24) is 0 Å². The summed E-state index contributed by atoms with van der Waals surface area (Å²) in [5.74, 6) is -1.50. The number of carbonyl (C=O) groups is 2. The van der Waals surface area contributed by atoms with Gasteiger partial charge < -0.3 is 25.0 Å². The Labute approximate surface area is 133 Å². The van der Waals surface area contributed by atoms with Crippen LogP contribution in [0.5, 0.6) is 0 Å². The van der Waals surface area contributed by atoms with Gasteiger partial charge in [0.2, 0.25) is 0 Å². The van der Waals surface area contributed by atoms with Crippen molar-refractivity contribution >= 4 is 29.3 Å². The molecule has 1 rings (SSSR count). The second-order valence-corrected chi connectivity index (χ2v) is 6.00. The van der Waals surface area contributed by atoms with Crippen molar-refractivity contribution in [1.29, 1.82) is 0 Å². The zero-order valence-corrected chi connectivity index (χ0v) is 13.4. The van der Waals surface area contributed by atoms with E-state index >= 15 is 0 Å². The van der Waals surface area contributed by atoms with Crippen molar-refractivity contribution < 1.29 is 24.9 Å². The van der Waals surface area contributed by atoms with Crippen LogP contribution in [0.15, 0.2) is 18.2 Å². The first kappa shape index (κ1) is 18.5. The number of aryl methyl sites for hydroxylation is 2. The number of para-hydroxylation sites is 1. The van der Waals surface area contributed by atoms with Crippen LogP contribution < -0.4 is 10.0 Å². The molecule has 7 heteroatoms. The average molecular weight is 326 g/mol. The number of aliphatic carboxylic acids is 1. The number of carboxylic acid groups (broad SMARTS) is 1. The van der Waals surface area contributed by atoms with Gasteiger partial charge in [-0.1, -0.05) is 18.2 Å². The smallest absolute Gasteiger partial charge is 0.252 e. The molecule has 1 amide bonds. The van der Waals surface area contributed by atoms with Gasteiger partial charge in [-0.15, -0.1) is 0 Å². The lowest BCUT2D eigenvalue weighted by atomic mass is 10.1. The van der Waals surface area contributed by atoms with Gasteiger partial charge in [0.1, 0.15) is 12.7 Å². The number of benzene rings is 1. The van der Waals surface area contributed by atoms with Crippen molar-refractivity contribution in [2.24, 2.45) is 0 Å². The van der Waals surface area contributed by atoms with Crippen LogP contribution in [-0.4, -0.2) is 52.9 Å². The highest BCUT2D eigenvalue weighted by Gasteiger charge is 2.18. The molecule has 0 aliphatic carbocycles. The highest BCUT2D eigenvalue weighted by molar-refractivity contribution is 7.99. The second kappa shape index (κ2) is 8.77. The molecule has 0 radical (unpaired) electrons. The molecule has 1 aromatic rings. The molecule has 1 aromatic carbocycles. The molecule has 0 aliphatic rings. The number of carbonyl (C=O) groups excluding carboxylic acids is 2. The molecule has 2 N–H and O–H groups in total. The van der Waals surface area contributed by atoms with Gasteiger partial charge in [0.15, 0.2) is 0 Å². The van der Waals surface area contributed by atoms with Crippen LogP contribution in [0, 0.1) is 13.8 Å². The number of thioether (sulfide) groups is 1. The Morgan fingerprint density at radius 2 is 1.91 bits per heavy atom. The average Bonchev–Trinajstić information content (AvgIpc) is 2.47. The van der Waals surface area contributed by atoms with E-state index in [1.165, 1.54) is 16.7 Å². The zero-order valence-electron chi connectivity index (χ0n) is 12.6. The summed E-state index contributed by atoms with van der Waals surface area (Å²) in [6.07, 6.45) is -1.52. The maximum atomic E-state index is 12.0. The minimum atomic E-state index is -1.52. The molecule has 0 bridgehead atoms. The third-order valence-corrected chi connectivity index (χ3v) is 4.18. The predicted molar refractivity (Wildman–Crippen MR) is 83.7 cm³/mol. The molecule has 0 heterocycles. The zero-order chi connectivity index (χ0) is 16.7. The van der Waals surface area contributed by atoms with Crippen molar-refractivity contribution in [3.63, 3.8) is 0 Å². The first-order chi connectivity index (χ1) is 10.4.